The Bertz CT molecular complexity index is 424. The minimum Gasteiger partial charge on any atom is -0.481 e. The highest BCUT2D eigenvalue weighted by Crippen LogP contribution is 2.45. The first-order chi connectivity index (χ1) is 8.11. The molecule has 1 unspecified atom stereocenters. The van der Waals surface area contributed by atoms with E-state index in [4.69, 9.17) is 5.11 Å². The lowest BCUT2D eigenvalue weighted by Crippen LogP contribution is -2.09. The summed E-state index contributed by atoms with van der Waals surface area (Å²) in [5.74, 6) is 0.109. The molecule has 0 aliphatic heterocycles. The van der Waals surface area contributed by atoms with Crippen molar-refractivity contribution in [1.29, 1.82) is 0 Å². The van der Waals surface area contributed by atoms with Gasteiger partial charge in [0.25, 0.3) is 0 Å². The van der Waals surface area contributed by atoms with Crippen molar-refractivity contribution in [1.82, 2.24) is 0 Å². The molecule has 1 aliphatic rings. The van der Waals surface area contributed by atoms with Crippen molar-refractivity contribution >= 4 is 17.7 Å². The van der Waals surface area contributed by atoms with Crippen LogP contribution in [0.3, 0.4) is 0 Å². The van der Waals surface area contributed by atoms with Crippen LogP contribution in [0.4, 0.5) is 0 Å². The largest absolute Gasteiger partial charge is 0.481 e. The molecule has 92 valence electrons. The summed E-state index contributed by atoms with van der Waals surface area (Å²) in [7, 11) is 0. The zero-order valence-corrected chi connectivity index (χ0v) is 11.1. The lowest BCUT2D eigenvalue weighted by atomic mass is 9.88. The Labute approximate surface area is 106 Å². The molecular weight excluding hydrogens is 232 g/mol. The third-order valence-corrected chi connectivity index (χ3v) is 4.20. The van der Waals surface area contributed by atoms with E-state index in [-0.39, 0.29) is 12.3 Å². The quantitative estimate of drug-likeness (QED) is 0.810. The molecule has 0 heterocycles. The van der Waals surface area contributed by atoms with Crippen LogP contribution in [0, 0.1) is 12.8 Å². The first-order valence-electron chi connectivity index (χ1n) is 5.98. The first kappa shape index (κ1) is 12.5. The van der Waals surface area contributed by atoms with Crippen LogP contribution in [0.1, 0.15) is 36.3 Å². The average Bonchev–Trinajstić information content (AvgIpc) is 3.10. The van der Waals surface area contributed by atoms with Crippen molar-refractivity contribution in [3.05, 3.63) is 29.3 Å². The average molecular weight is 250 g/mol. The Morgan fingerprint density at radius 3 is 2.76 bits per heavy atom. The third kappa shape index (κ3) is 3.03. The van der Waals surface area contributed by atoms with E-state index in [0.717, 1.165) is 0 Å². The first-order valence-corrected chi connectivity index (χ1v) is 7.20. The smallest absolute Gasteiger partial charge is 0.303 e. The van der Waals surface area contributed by atoms with E-state index in [0.29, 0.717) is 5.92 Å². The predicted molar refractivity (Wildman–Crippen MR) is 70.7 cm³/mol. The Balaban J connectivity index is 2.30. The van der Waals surface area contributed by atoms with Crippen molar-refractivity contribution < 1.29 is 9.90 Å². The zero-order valence-electron chi connectivity index (χ0n) is 10.3. The maximum absolute atomic E-state index is 11.0. The van der Waals surface area contributed by atoms with E-state index >= 15 is 0 Å². The van der Waals surface area contributed by atoms with E-state index in [1.165, 1.54) is 28.9 Å². The van der Waals surface area contributed by atoms with Crippen molar-refractivity contribution in [3.63, 3.8) is 0 Å². The summed E-state index contributed by atoms with van der Waals surface area (Å²) in [6.07, 6.45) is 4.68. The van der Waals surface area contributed by atoms with Gasteiger partial charge in [0, 0.05) is 4.90 Å². The standard InChI is InChI=1S/C14H18O2S/c1-9-3-6-11(17-2)7-12(9)13(8-14(15)16)10-4-5-10/h3,6-7,10,13H,4-5,8H2,1-2H3,(H,15,16). The van der Waals surface area contributed by atoms with Gasteiger partial charge < -0.3 is 5.11 Å². The molecule has 0 bridgehead atoms. The van der Waals surface area contributed by atoms with Gasteiger partial charge in [0.15, 0.2) is 0 Å². The summed E-state index contributed by atoms with van der Waals surface area (Å²) in [4.78, 5) is 12.2. The van der Waals surface area contributed by atoms with Gasteiger partial charge in [0.2, 0.25) is 0 Å². The van der Waals surface area contributed by atoms with Crippen LogP contribution in [0.25, 0.3) is 0 Å². The molecule has 1 atom stereocenters. The summed E-state index contributed by atoms with van der Waals surface area (Å²) >= 11 is 1.71. The predicted octanol–water partition coefficient (Wildman–Crippen LogP) is 3.69. The monoisotopic (exact) mass is 250 g/mol. The van der Waals surface area contributed by atoms with Gasteiger partial charge in [-0.15, -0.1) is 11.8 Å². The molecule has 1 fully saturated rings. The van der Waals surface area contributed by atoms with Gasteiger partial charge in [-0.2, -0.15) is 0 Å². The Hall–Kier alpha value is -0.960. The molecule has 1 saturated carbocycles. The summed E-state index contributed by atoms with van der Waals surface area (Å²) in [5, 5.41) is 9.03. The van der Waals surface area contributed by atoms with Crippen LogP contribution in [0.5, 0.6) is 0 Å². The minimum atomic E-state index is -0.684. The van der Waals surface area contributed by atoms with Gasteiger partial charge in [0.05, 0.1) is 6.42 Å². The fourth-order valence-electron chi connectivity index (χ4n) is 2.36. The lowest BCUT2D eigenvalue weighted by molar-refractivity contribution is -0.137. The third-order valence-electron chi connectivity index (χ3n) is 3.47. The molecule has 1 aromatic rings. The Morgan fingerprint density at radius 1 is 1.53 bits per heavy atom. The maximum atomic E-state index is 11.0. The molecular formula is C14H18O2S. The van der Waals surface area contributed by atoms with E-state index in [1.807, 2.05) is 0 Å². The molecule has 2 rings (SSSR count). The number of aryl methyl sites for hydroxylation is 1. The molecule has 1 aromatic carbocycles. The normalized spacial score (nSPS) is 16.8. The molecule has 0 radical (unpaired) electrons. The van der Waals surface area contributed by atoms with Crippen molar-refractivity contribution in [2.24, 2.45) is 5.92 Å². The highest BCUT2D eigenvalue weighted by molar-refractivity contribution is 7.98. The fourth-order valence-corrected chi connectivity index (χ4v) is 2.81. The molecule has 0 spiro atoms. The van der Waals surface area contributed by atoms with Gasteiger partial charge in [-0.1, -0.05) is 6.07 Å². The number of rotatable bonds is 5. The summed E-state index contributed by atoms with van der Waals surface area (Å²) in [5.41, 5.74) is 2.46. The van der Waals surface area contributed by atoms with Crippen molar-refractivity contribution in [2.45, 2.75) is 37.0 Å². The highest BCUT2D eigenvalue weighted by Gasteiger charge is 2.34. The molecule has 1 N–H and O–H groups in total. The van der Waals surface area contributed by atoms with Crippen LogP contribution in [0.2, 0.25) is 0 Å². The summed E-state index contributed by atoms with van der Waals surface area (Å²) in [6, 6.07) is 6.39. The van der Waals surface area contributed by atoms with Gasteiger partial charge in [-0.25, -0.2) is 0 Å². The number of aliphatic carboxylic acids is 1. The number of benzene rings is 1. The number of hydrogen-bond acceptors (Lipinski definition) is 2. The maximum Gasteiger partial charge on any atom is 0.303 e. The Morgan fingerprint density at radius 2 is 2.24 bits per heavy atom. The highest BCUT2D eigenvalue weighted by atomic mass is 32.2. The number of carboxylic acid groups (broad SMARTS) is 1. The second kappa shape index (κ2) is 5.13. The molecule has 1 aliphatic carbocycles. The Kier molecular flexibility index (Phi) is 3.77. The fraction of sp³-hybridized carbons (Fsp3) is 0.500. The van der Waals surface area contributed by atoms with Gasteiger partial charge >= 0.3 is 5.97 Å². The van der Waals surface area contributed by atoms with E-state index < -0.39 is 5.97 Å². The topological polar surface area (TPSA) is 37.3 Å². The van der Waals surface area contributed by atoms with Gasteiger partial charge in [0.1, 0.15) is 0 Å². The zero-order chi connectivity index (χ0) is 12.4. The molecule has 0 saturated heterocycles. The summed E-state index contributed by atoms with van der Waals surface area (Å²) < 4.78 is 0. The second-order valence-corrected chi connectivity index (χ2v) is 5.64. The van der Waals surface area contributed by atoms with Crippen LogP contribution in [0.15, 0.2) is 23.1 Å². The minimum absolute atomic E-state index is 0.208. The molecule has 3 heteroatoms. The SMILES string of the molecule is CSc1ccc(C)c(C(CC(=O)O)C2CC2)c1. The number of carbonyl (C=O) groups is 1. The van der Waals surface area contributed by atoms with Crippen LogP contribution in [-0.2, 0) is 4.79 Å². The van der Waals surface area contributed by atoms with Crippen molar-refractivity contribution in [2.75, 3.05) is 6.26 Å². The van der Waals surface area contributed by atoms with Crippen molar-refractivity contribution in [3.8, 4) is 0 Å². The van der Waals surface area contributed by atoms with E-state index in [9.17, 15) is 4.79 Å². The number of thioether (sulfide) groups is 1. The molecule has 0 amide bonds. The van der Waals surface area contributed by atoms with Gasteiger partial charge in [-0.3, -0.25) is 4.79 Å². The molecule has 17 heavy (non-hydrogen) atoms. The van der Waals surface area contributed by atoms with Crippen LogP contribution in [-0.4, -0.2) is 17.3 Å². The summed E-state index contributed by atoms with van der Waals surface area (Å²) in [6.45, 7) is 2.08. The van der Waals surface area contributed by atoms with E-state index in [2.05, 4.69) is 31.4 Å². The second-order valence-electron chi connectivity index (χ2n) is 4.76. The molecule has 0 aromatic heterocycles. The van der Waals surface area contributed by atoms with E-state index in [1.54, 1.807) is 11.8 Å². The lowest BCUT2D eigenvalue weighted by Gasteiger charge is -2.18. The molecule has 2 nitrogen and oxygen atoms in total. The number of carboxylic acids is 1. The number of hydrogen-bond donors (Lipinski definition) is 1. The van der Waals surface area contributed by atoms with Crippen LogP contribution >= 0.6 is 11.8 Å². The van der Waals surface area contributed by atoms with Crippen LogP contribution < -0.4 is 0 Å². The van der Waals surface area contributed by atoms with Gasteiger partial charge in [-0.05, 0) is 61.1 Å².